The van der Waals surface area contributed by atoms with Gasteiger partial charge in [0.15, 0.2) is 0 Å². The number of para-hydroxylation sites is 2. The summed E-state index contributed by atoms with van der Waals surface area (Å²) >= 11 is 0. The second kappa shape index (κ2) is 13.8. The van der Waals surface area contributed by atoms with Crippen molar-refractivity contribution in [3.05, 3.63) is 134 Å². The van der Waals surface area contributed by atoms with Crippen LogP contribution in [-0.2, 0) is 20.1 Å². The molecule has 4 aromatic heterocycles. The molecule has 0 spiro atoms. The summed E-state index contributed by atoms with van der Waals surface area (Å²) in [5.41, 5.74) is 8.37. The van der Waals surface area contributed by atoms with Crippen LogP contribution in [0.15, 0.2) is 126 Å². The van der Waals surface area contributed by atoms with Crippen molar-refractivity contribution in [3.8, 4) is 33.9 Å². The molecule has 1 radical (unpaired) electrons. The molecular weight excluding hydrogens is 785 g/mol. The number of aromatic nitrogens is 4. The fourth-order valence-corrected chi connectivity index (χ4v) is 6.89. The van der Waals surface area contributed by atoms with Crippen LogP contribution in [0.3, 0.4) is 0 Å². The number of imidazole rings is 1. The van der Waals surface area contributed by atoms with Crippen molar-refractivity contribution < 1.29 is 24.5 Å². The van der Waals surface area contributed by atoms with Gasteiger partial charge >= 0.3 is 0 Å². The maximum Gasteiger partial charge on any atom is 0.216 e. The Balaban J connectivity index is 0.000000201. The average molecular weight is 821 g/mol. The number of fused-ring (bicyclic) bond motifs is 4. The van der Waals surface area contributed by atoms with Crippen molar-refractivity contribution in [2.75, 3.05) is 0 Å². The minimum atomic E-state index is -1.23. The van der Waals surface area contributed by atoms with Gasteiger partial charge in [0.25, 0.3) is 0 Å². The Labute approximate surface area is 296 Å². The van der Waals surface area contributed by atoms with Gasteiger partial charge in [-0.05, 0) is 49.0 Å². The van der Waals surface area contributed by atoms with Gasteiger partial charge in [0.1, 0.15) is 0 Å². The summed E-state index contributed by atoms with van der Waals surface area (Å²) in [6.07, 6.45) is 2.02. The SMILES string of the molecule is CC(C)n1c(-c2[c-]ccc3c2oc2nc(-c4ccccc4)ccc23)nc2ccccc21.C[Si](C)(C)c1ccc(-c2[c-]cccc2)nc1.[Ir]. The molecule has 4 heterocycles. The zero-order valence-corrected chi connectivity index (χ0v) is 31.0. The second-order valence-corrected chi connectivity index (χ2v) is 18.0. The van der Waals surface area contributed by atoms with E-state index in [0.29, 0.717) is 5.71 Å². The van der Waals surface area contributed by atoms with Gasteiger partial charge in [0.05, 0.1) is 36.2 Å². The molecule has 0 saturated heterocycles. The standard InChI is InChI=1S/C27H20N3O.C14H16NSi.Ir/c1-17(2)30-24-14-7-6-13-23(24)28-26(30)21-12-8-11-19-20-15-16-22(18-9-4-3-5-10-18)29-27(20)31-25(19)21;1-16(2,3)13-9-10-14(15-11-13)12-7-5-4-6-8-12;/h3-11,13-17H,1-2H3;4-7,9-11H,1-3H3;/q2*-1;. The van der Waals surface area contributed by atoms with Crippen LogP contribution in [0.1, 0.15) is 19.9 Å². The Morgan fingerprint density at radius 1 is 0.708 bits per heavy atom. The first kappa shape index (κ1) is 33.2. The van der Waals surface area contributed by atoms with Crippen molar-refractivity contribution in [1.29, 1.82) is 0 Å². The Morgan fingerprint density at radius 2 is 1.46 bits per heavy atom. The molecule has 48 heavy (non-hydrogen) atoms. The third kappa shape index (κ3) is 6.54. The van der Waals surface area contributed by atoms with E-state index in [1.807, 2.05) is 85.1 Å². The molecule has 5 nitrogen and oxygen atoms in total. The molecule has 0 fully saturated rings. The normalized spacial score (nSPS) is 11.5. The summed E-state index contributed by atoms with van der Waals surface area (Å²) in [7, 11) is -1.23. The maximum absolute atomic E-state index is 6.34. The molecule has 8 rings (SSSR count). The summed E-state index contributed by atoms with van der Waals surface area (Å²) < 4.78 is 8.58. The van der Waals surface area contributed by atoms with Crippen LogP contribution in [-0.4, -0.2) is 27.6 Å². The largest absolute Gasteiger partial charge is 0.486 e. The van der Waals surface area contributed by atoms with Gasteiger partial charge < -0.3 is 14.0 Å². The topological polar surface area (TPSA) is 56.7 Å². The first-order valence-electron chi connectivity index (χ1n) is 16.0. The number of rotatable bonds is 5. The first-order valence-corrected chi connectivity index (χ1v) is 19.5. The second-order valence-electron chi connectivity index (χ2n) is 13.0. The monoisotopic (exact) mass is 821 g/mol. The number of pyridine rings is 2. The van der Waals surface area contributed by atoms with E-state index in [4.69, 9.17) is 14.4 Å². The van der Waals surface area contributed by atoms with E-state index < -0.39 is 8.07 Å². The molecule has 0 aliphatic heterocycles. The number of hydrogen-bond donors (Lipinski definition) is 0. The van der Waals surface area contributed by atoms with Gasteiger partial charge in [-0.25, -0.2) is 4.98 Å². The van der Waals surface area contributed by atoms with Crippen molar-refractivity contribution in [1.82, 2.24) is 19.5 Å². The average Bonchev–Trinajstić information content (AvgIpc) is 3.68. The molecule has 0 saturated carbocycles. The molecule has 0 aliphatic rings. The van der Waals surface area contributed by atoms with Crippen LogP contribution < -0.4 is 5.19 Å². The predicted octanol–water partition coefficient (Wildman–Crippen LogP) is 10.1. The molecule has 4 aromatic carbocycles. The van der Waals surface area contributed by atoms with Crippen molar-refractivity contribution in [2.24, 2.45) is 0 Å². The molecule has 8 aromatic rings. The molecule has 0 aliphatic carbocycles. The summed E-state index contributed by atoms with van der Waals surface area (Å²) in [5, 5.41) is 3.42. The van der Waals surface area contributed by atoms with Crippen molar-refractivity contribution >= 4 is 46.4 Å². The van der Waals surface area contributed by atoms with Gasteiger partial charge in [-0.3, -0.25) is 4.98 Å². The van der Waals surface area contributed by atoms with Crippen molar-refractivity contribution in [2.45, 2.75) is 39.5 Å². The summed E-state index contributed by atoms with van der Waals surface area (Å²) in [5.74, 6) is 0.865. The van der Waals surface area contributed by atoms with Gasteiger partial charge in [-0.15, -0.1) is 54.1 Å². The minimum Gasteiger partial charge on any atom is -0.486 e. The minimum absolute atomic E-state index is 0. The molecule has 0 unspecified atom stereocenters. The number of benzene rings is 4. The molecule has 7 heteroatoms. The van der Waals surface area contributed by atoms with Crippen LogP contribution in [0.4, 0.5) is 0 Å². The molecule has 0 atom stereocenters. The molecule has 0 bridgehead atoms. The summed E-state index contributed by atoms with van der Waals surface area (Å²) in [6.45, 7) is 11.3. The van der Waals surface area contributed by atoms with Crippen LogP contribution >= 0.6 is 0 Å². The van der Waals surface area contributed by atoms with Gasteiger partial charge in [-0.1, -0.05) is 85.2 Å². The maximum atomic E-state index is 6.34. The number of hydrogen-bond acceptors (Lipinski definition) is 4. The Bertz CT molecular complexity index is 2310. The third-order valence-corrected chi connectivity index (χ3v) is 10.3. The molecular formula is C41H36IrN4OSi-2. The zero-order chi connectivity index (χ0) is 32.5. The van der Waals surface area contributed by atoms with E-state index in [1.54, 1.807) is 0 Å². The Hall–Kier alpha value is -4.68. The fraction of sp³-hybridized carbons (Fsp3) is 0.146. The quantitative estimate of drug-likeness (QED) is 0.128. The van der Waals surface area contributed by atoms with Gasteiger partial charge in [0.2, 0.25) is 5.71 Å². The third-order valence-electron chi connectivity index (χ3n) is 8.32. The van der Waals surface area contributed by atoms with E-state index in [9.17, 15) is 0 Å². The van der Waals surface area contributed by atoms with Crippen LogP contribution in [0.25, 0.3) is 67.0 Å². The fourth-order valence-electron chi connectivity index (χ4n) is 5.85. The molecule has 0 amide bonds. The predicted molar refractivity (Wildman–Crippen MR) is 196 cm³/mol. The number of furan rings is 1. The molecule has 241 valence electrons. The summed E-state index contributed by atoms with van der Waals surface area (Å²) in [6, 6.07) is 45.6. The van der Waals surface area contributed by atoms with Crippen molar-refractivity contribution in [3.63, 3.8) is 0 Å². The smallest absolute Gasteiger partial charge is 0.216 e. The van der Waals surface area contributed by atoms with E-state index in [2.05, 4.69) is 91.6 Å². The number of nitrogens with zero attached hydrogens (tertiary/aromatic N) is 4. The first-order chi connectivity index (χ1) is 22.8. The van der Waals surface area contributed by atoms with Crippen LogP contribution in [0, 0.1) is 12.1 Å². The van der Waals surface area contributed by atoms with E-state index in [-0.39, 0.29) is 26.1 Å². The molecule has 0 N–H and O–H groups in total. The van der Waals surface area contributed by atoms with Crippen LogP contribution in [0.5, 0.6) is 0 Å². The Morgan fingerprint density at radius 3 is 2.17 bits per heavy atom. The van der Waals surface area contributed by atoms with E-state index in [1.165, 1.54) is 5.19 Å². The summed E-state index contributed by atoms with van der Waals surface area (Å²) in [4.78, 5) is 14.3. The van der Waals surface area contributed by atoms with Gasteiger partial charge in [0, 0.05) is 43.3 Å². The zero-order valence-electron chi connectivity index (χ0n) is 27.7. The Kier molecular flexibility index (Phi) is 9.56. The van der Waals surface area contributed by atoms with E-state index >= 15 is 0 Å². The van der Waals surface area contributed by atoms with Gasteiger partial charge in [-0.2, -0.15) is 0 Å². The van der Waals surface area contributed by atoms with E-state index in [0.717, 1.165) is 61.3 Å². The van der Waals surface area contributed by atoms with Crippen LogP contribution in [0.2, 0.25) is 19.6 Å².